The van der Waals surface area contributed by atoms with Gasteiger partial charge in [-0.2, -0.15) is 0 Å². The molecule has 2 aromatic heterocycles. The molecule has 4 rings (SSSR count). The van der Waals surface area contributed by atoms with Gasteiger partial charge in [0.15, 0.2) is 5.13 Å². The van der Waals surface area contributed by atoms with Gasteiger partial charge in [-0.25, -0.2) is 4.98 Å². The first-order chi connectivity index (χ1) is 13.6. The normalized spacial score (nSPS) is 16.5. The molecule has 0 spiro atoms. The molecule has 28 heavy (non-hydrogen) atoms. The van der Waals surface area contributed by atoms with E-state index in [-0.39, 0.29) is 11.8 Å². The van der Waals surface area contributed by atoms with E-state index in [2.05, 4.69) is 10.3 Å². The first-order valence-electron chi connectivity index (χ1n) is 9.30. The van der Waals surface area contributed by atoms with Gasteiger partial charge in [-0.1, -0.05) is 17.4 Å². The van der Waals surface area contributed by atoms with E-state index in [1.54, 1.807) is 16.2 Å². The second-order valence-corrected chi connectivity index (χ2v) is 8.64. The number of aromatic nitrogens is 1. The van der Waals surface area contributed by atoms with E-state index in [4.69, 9.17) is 4.74 Å². The van der Waals surface area contributed by atoms with Gasteiger partial charge < -0.3 is 15.0 Å². The number of nitrogens with zero attached hydrogens (tertiary/aromatic N) is 2. The molecule has 3 aromatic rings. The fourth-order valence-corrected chi connectivity index (χ4v) is 5.00. The molecule has 1 unspecified atom stereocenters. The molecule has 0 aliphatic carbocycles. The summed E-state index contributed by atoms with van der Waals surface area (Å²) in [5.74, 6) is 0.629. The minimum atomic E-state index is -0.432. The molecule has 1 N–H and O–H groups in total. The minimum absolute atomic E-state index is 0.00533. The molecular formula is C20H21N3O3S2. The van der Waals surface area contributed by atoms with Crippen LogP contribution < -0.4 is 10.1 Å². The third-order valence-electron chi connectivity index (χ3n) is 4.68. The molecule has 1 atom stereocenters. The van der Waals surface area contributed by atoms with Crippen LogP contribution in [0.4, 0.5) is 5.13 Å². The Balaban J connectivity index is 1.44. The Morgan fingerprint density at radius 1 is 1.36 bits per heavy atom. The highest BCUT2D eigenvalue weighted by Crippen LogP contribution is 2.30. The van der Waals surface area contributed by atoms with Crippen molar-refractivity contribution < 1.29 is 14.3 Å². The number of likely N-dealkylation sites (tertiary alicyclic amines) is 1. The summed E-state index contributed by atoms with van der Waals surface area (Å²) < 4.78 is 6.47. The maximum atomic E-state index is 12.8. The van der Waals surface area contributed by atoms with Crippen LogP contribution in [0.15, 0.2) is 35.7 Å². The van der Waals surface area contributed by atoms with Gasteiger partial charge in [-0.05, 0) is 49.4 Å². The lowest BCUT2D eigenvalue weighted by Crippen LogP contribution is -2.43. The molecule has 146 valence electrons. The number of benzene rings is 1. The lowest BCUT2D eigenvalue weighted by Gasteiger charge is -2.23. The number of anilines is 1. The summed E-state index contributed by atoms with van der Waals surface area (Å²) in [6.07, 6.45) is 1.87. The molecule has 0 radical (unpaired) electrons. The SMILES string of the molecule is CCOc1ccc2nc(NC(=O)C3CCCN3C(=O)Cc3cccs3)sc2c1. The number of hydrogen-bond donors (Lipinski definition) is 1. The Morgan fingerprint density at radius 2 is 2.25 bits per heavy atom. The molecule has 1 aliphatic heterocycles. The lowest BCUT2D eigenvalue weighted by molar-refractivity contribution is -0.136. The van der Waals surface area contributed by atoms with Gasteiger partial charge >= 0.3 is 0 Å². The van der Waals surface area contributed by atoms with Gasteiger partial charge in [-0.3, -0.25) is 9.59 Å². The van der Waals surface area contributed by atoms with Crippen LogP contribution >= 0.6 is 22.7 Å². The summed E-state index contributed by atoms with van der Waals surface area (Å²) >= 11 is 2.98. The number of nitrogens with one attached hydrogen (secondary N) is 1. The van der Waals surface area contributed by atoms with Crippen molar-refractivity contribution in [2.24, 2.45) is 0 Å². The van der Waals surface area contributed by atoms with E-state index in [0.717, 1.165) is 27.3 Å². The third kappa shape index (κ3) is 4.02. The maximum Gasteiger partial charge on any atom is 0.248 e. The van der Waals surface area contributed by atoms with Gasteiger partial charge in [0, 0.05) is 11.4 Å². The molecule has 0 saturated carbocycles. The number of carbonyl (C=O) groups excluding carboxylic acids is 2. The monoisotopic (exact) mass is 415 g/mol. The Labute approximate surface area is 171 Å². The molecule has 1 fully saturated rings. The van der Waals surface area contributed by atoms with Crippen LogP contribution in [0, 0.1) is 0 Å². The highest BCUT2D eigenvalue weighted by Gasteiger charge is 2.34. The van der Waals surface area contributed by atoms with Crippen molar-refractivity contribution in [1.82, 2.24) is 9.88 Å². The fourth-order valence-electron chi connectivity index (χ4n) is 3.41. The number of hydrogen-bond acceptors (Lipinski definition) is 6. The van der Waals surface area contributed by atoms with Gasteiger partial charge in [0.05, 0.1) is 23.2 Å². The van der Waals surface area contributed by atoms with Gasteiger partial charge in [0.1, 0.15) is 11.8 Å². The largest absolute Gasteiger partial charge is 0.494 e. The minimum Gasteiger partial charge on any atom is -0.494 e. The van der Waals surface area contributed by atoms with Crippen LogP contribution in [0.2, 0.25) is 0 Å². The zero-order valence-corrected chi connectivity index (χ0v) is 17.1. The third-order valence-corrected chi connectivity index (χ3v) is 6.49. The molecule has 8 heteroatoms. The Hall–Kier alpha value is -2.45. The number of carbonyl (C=O) groups is 2. The van der Waals surface area contributed by atoms with E-state index < -0.39 is 6.04 Å². The number of thiophene rings is 1. The summed E-state index contributed by atoms with van der Waals surface area (Å²) in [5, 5.41) is 5.41. The average molecular weight is 416 g/mol. The molecule has 1 aliphatic rings. The number of thiazole rings is 1. The first-order valence-corrected chi connectivity index (χ1v) is 11.0. The van der Waals surface area contributed by atoms with Gasteiger partial charge in [-0.15, -0.1) is 11.3 Å². The number of ether oxygens (including phenoxy) is 1. The summed E-state index contributed by atoms with van der Waals surface area (Å²) in [6, 6.07) is 9.14. The van der Waals surface area contributed by atoms with Crippen molar-refractivity contribution in [1.29, 1.82) is 0 Å². The first kappa shape index (κ1) is 18.9. The van der Waals surface area contributed by atoms with Crippen molar-refractivity contribution >= 4 is 49.8 Å². The lowest BCUT2D eigenvalue weighted by atomic mass is 10.2. The number of amides is 2. The summed E-state index contributed by atoms with van der Waals surface area (Å²) in [7, 11) is 0. The maximum absolute atomic E-state index is 12.8. The molecular weight excluding hydrogens is 394 g/mol. The van der Waals surface area contributed by atoms with Crippen LogP contribution in [-0.2, 0) is 16.0 Å². The molecule has 6 nitrogen and oxygen atoms in total. The summed E-state index contributed by atoms with van der Waals surface area (Å²) in [4.78, 5) is 32.7. The second-order valence-electron chi connectivity index (χ2n) is 6.57. The van der Waals surface area contributed by atoms with E-state index in [1.165, 1.54) is 11.3 Å². The van der Waals surface area contributed by atoms with E-state index in [1.807, 2.05) is 42.6 Å². The fraction of sp³-hybridized carbons (Fsp3) is 0.350. The smallest absolute Gasteiger partial charge is 0.248 e. The van der Waals surface area contributed by atoms with Crippen LogP contribution in [0.3, 0.4) is 0 Å². The van der Waals surface area contributed by atoms with Crippen LogP contribution in [-0.4, -0.2) is 40.9 Å². The van der Waals surface area contributed by atoms with E-state index in [0.29, 0.717) is 31.1 Å². The summed E-state index contributed by atoms with van der Waals surface area (Å²) in [6.45, 7) is 3.17. The van der Waals surface area contributed by atoms with Gasteiger partial charge in [0.25, 0.3) is 0 Å². The van der Waals surface area contributed by atoms with Gasteiger partial charge in [0.2, 0.25) is 11.8 Å². The van der Waals surface area contributed by atoms with Crippen molar-refractivity contribution in [3.8, 4) is 5.75 Å². The molecule has 1 saturated heterocycles. The average Bonchev–Trinajstić information content (AvgIpc) is 3.41. The van der Waals surface area contributed by atoms with E-state index in [9.17, 15) is 9.59 Å². The van der Waals surface area contributed by atoms with Crippen molar-refractivity contribution in [3.63, 3.8) is 0 Å². The molecule has 2 amide bonds. The highest BCUT2D eigenvalue weighted by atomic mass is 32.1. The zero-order valence-electron chi connectivity index (χ0n) is 15.5. The van der Waals surface area contributed by atoms with E-state index >= 15 is 0 Å². The van der Waals surface area contributed by atoms with Crippen LogP contribution in [0.25, 0.3) is 10.2 Å². The Bertz CT molecular complexity index is 984. The standard InChI is InChI=1S/C20H21N3O3S2/c1-2-26-13-7-8-15-17(11-13)28-20(21-15)22-19(25)16-6-3-9-23(16)18(24)12-14-5-4-10-27-14/h4-5,7-8,10-11,16H,2-3,6,9,12H2,1H3,(H,21,22,25). The predicted molar refractivity (Wildman–Crippen MR) is 112 cm³/mol. The predicted octanol–water partition coefficient (Wildman–Crippen LogP) is 3.93. The Kier molecular flexibility index (Phi) is 5.59. The zero-order chi connectivity index (χ0) is 19.5. The number of rotatable bonds is 6. The van der Waals surface area contributed by atoms with Crippen LogP contribution in [0.1, 0.15) is 24.6 Å². The van der Waals surface area contributed by atoms with Crippen molar-refractivity contribution in [3.05, 3.63) is 40.6 Å². The van der Waals surface area contributed by atoms with Crippen LogP contribution in [0.5, 0.6) is 5.75 Å². The quantitative estimate of drug-likeness (QED) is 0.662. The molecule has 1 aromatic carbocycles. The number of fused-ring (bicyclic) bond motifs is 1. The molecule has 0 bridgehead atoms. The summed E-state index contributed by atoms with van der Waals surface area (Å²) in [5.41, 5.74) is 0.820. The second kappa shape index (κ2) is 8.28. The van der Waals surface area contributed by atoms with Crippen molar-refractivity contribution in [2.45, 2.75) is 32.2 Å². The topological polar surface area (TPSA) is 71.5 Å². The molecule has 3 heterocycles. The highest BCUT2D eigenvalue weighted by molar-refractivity contribution is 7.22. The van der Waals surface area contributed by atoms with Crippen molar-refractivity contribution in [2.75, 3.05) is 18.5 Å². The Morgan fingerprint density at radius 3 is 3.04 bits per heavy atom.